The average molecular weight is 357 g/mol. The Bertz CT molecular complexity index is 748. The Kier molecular flexibility index (Phi) is 4.97. The lowest BCUT2D eigenvalue weighted by atomic mass is 9.93. The second-order valence-corrected chi connectivity index (χ2v) is 6.93. The molecule has 3 amide bonds. The van der Waals surface area contributed by atoms with E-state index in [1.165, 1.54) is 6.08 Å². The van der Waals surface area contributed by atoms with Crippen LogP contribution in [-0.2, 0) is 19.9 Å². The topological polar surface area (TPSA) is 87.7 Å². The minimum absolute atomic E-state index is 0.111. The summed E-state index contributed by atoms with van der Waals surface area (Å²) in [6.07, 6.45) is 2.37. The van der Waals surface area contributed by atoms with Gasteiger partial charge >= 0.3 is 6.09 Å². The number of hydrogen-bond acceptors (Lipinski definition) is 4. The van der Waals surface area contributed by atoms with Gasteiger partial charge in [-0.2, -0.15) is 0 Å². The molecule has 7 heteroatoms. The number of hydrogen-bond donors (Lipinski definition) is 2. The van der Waals surface area contributed by atoms with Crippen molar-refractivity contribution in [3.63, 3.8) is 0 Å². The van der Waals surface area contributed by atoms with Crippen LogP contribution in [0.3, 0.4) is 0 Å². The van der Waals surface area contributed by atoms with Crippen molar-refractivity contribution in [2.45, 2.75) is 25.3 Å². The van der Waals surface area contributed by atoms with Crippen LogP contribution in [-0.4, -0.2) is 42.5 Å². The highest BCUT2D eigenvalue weighted by Gasteiger charge is 2.36. The largest absolute Gasteiger partial charge is 0.447 e. The molecule has 0 aliphatic carbocycles. The van der Waals surface area contributed by atoms with Gasteiger partial charge in [0.25, 0.3) is 0 Å². The van der Waals surface area contributed by atoms with E-state index in [4.69, 9.17) is 4.74 Å². The smallest absolute Gasteiger partial charge is 0.408 e. The molecule has 1 aromatic rings. The number of likely N-dealkylation sites (tertiary alicyclic amines) is 1. The van der Waals surface area contributed by atoms with Crippen molar-refractivity contribution in [1.82, 2.24) is 10.2 Å². The monoisotopic (exact) mass is 357 g/mol. The summed E-state index contributed by atoms with van der Waals surface area (Å²) >= 11 is 0. The van der Waals surface area contributed by atoms with Crippen molar-refractivity contribution in [3.05, 3.63) is 42.5 Å². The van der Waals surface area contributed by atoms with Crippen LogP contribution in [0.25, 0.3) is 0 Å². The van der Waals surface area contributed by atoms with Crippen LogP contribution in [0.2, 0.25) is 0 Å². The Morgan fingerprint density at radius 1 is 1.46 bits per heavy atom. The zero-order chi connectivity index (χ0) is 18.7. The molecular weight excluding hydrogens is 334 g/mol. The van der Waals surface area contributed by atoms with E-state index in [1.807, 2.05) is 25.1 Å². The number of rotatable bonds is 4. The first-order valence-electron chi connectivity index (χ1n) is 8.69. The molecule has 0 saturated carbocycles. The summed E-state index contributed by atoms with van der Waals surface area (Å²) < 4.78 is 5.00. The fraction of sp³-hybridized carbons (Fsp3) is 0.421. The summed E-state index contributed by atoms with van der Waals surface area (Å²) in [7, 11) is 0. The number of amides is 3. The molecule has 0 radical (unpaired) electrons. The van der Waals surface area contributed by atoms with Gasteiger partial charge in [0.2, 0.25) is 11.8 Å². The summed E-state index contributed by atoms with van der Waals surface area (Å²) in [5.41, 5.74) is 0.894. The molecule has 138 valence electrons. The molecule has 3 rings (SSSR count). The summed E-state index contributed by atoms with van der Waals surface area (Å²) in [4.78, 5) is 37.4. The number of cyclic esters (lactones) is 1. The Hall–Kier alpha value is -2.83. The zero-order valence-electron chi connectivity index (χ0n) is 14.8. The van der Waals surface area contributed by atoms with E-state index in [0.29, 0.717) is 18.8 Å². The highest BCUT2D eigenvalue weighted by molar-refractivity contribution is 5.94. The maximum Gasteiger partial charge on any atom is 0.408 e. The number of nitrogens with one attached hydrogen (secondary N) is 2. The number of ether oxygens (including phenoxy) is 1. The van der Waals surface area contributed by atoms with E-state index in [0.717, 1.165) is 18.4 Å². The number of alkyl carbamates (subject to hydrolysis) is 1. The number of benzene rings is 1. The van der Waals surface area contributed by atoms with E-state index in [1.54, 1.807) is 11.0 Å². The second-order valence-electron chi connectivity index (χ2n) is 6.93. The van der Waals surface area contributed by atoms with Gasteiger partial charge < -0.3 is 20.3 Å². The van der Waals surface area contributed by atoms with Crippen molar-refractivity contribution >= 4 is 23.6 Å². The molecule has 2 saturated heterocycles. The van der Waals surface area contributed by atoms with Crippen LogP contribution in [0.15, 0.2) is 36.9 Å². The number of carbonyl (C=O) groups excluding carboxylic acids is 3. The van der Waals surface area contributed by atoms with Crippen LogP contribution in [0.1, 0.15) is 25.3 Å². The van der Waals surface area contributed by atoms with Crippen molar-refractivity contribution < 1.29 is 19.1 Å². The Morgan fingerprint density at radius 2 is 2.27 bits per heavy atom. The van der Waals surface area contributed by atoms with E-state index in [2.05, 4.69) is 17.2 Å². The molecule has 0 spiro atoms. The fourth-order valence-electron chi connectivity index (χ4n) is 3.37. The van der Waals surface area contributed by atoms with Gasteiger partial charge in [0, 0.05) is 18.8 Å². The average Bonchev–Trinajstić information content (AvgIpc) is 3.01. The molecule has 0 aromatic heterocycles. The maximum atomic E-state index is 12.6. The SMILES string of the molecule is C=CC(=O)N1CCCC(C(=O)Nc2cccc(C3(C)COC(=O)N3)c2)C1. The van der Waals surface area contributed by atoms with Gasteiger partial charge in [-0.15, -0.1) is 0 Å². The first-order valence-corrected chi connectivity index (χ1v) is 8.69. The molecule has 2 atom stereocenters. The second kappa shape index (κ2) is 7.19. The molecule has 2 heterocycles. The van der Waals surface area contributed by atoms with E-state index >= 15 is 0 Å². The molecule has 2 aliphatic rings. The normalized spacial score (nSPS) is 25.2. The van der Waals surface area contributed by atoms with Gasteiger partial charge in [0.05, 0.1) is 11.5 Å². The molecule has 2 N–H and O–H groups in total. The zero-order valence-corrected chi connectivity index (χ0v) is 14.8. The quantitative estimate of drug-likeness (QED) is 0.807. The lowest BCUT2D eigenvalue weighted by molar-refractivity contribution is -0.130. The van der Waals surface area contributed by atoms with Crippen molar-refractivity contribution in [1.29, 1.82) is 0 Å². The fourth-order valence-corrected chi connectivity index (χ4v) is 3.37. The highest BCUT2D eigenvalue weighted by Crippen LogP contribution is 2.28. The first-order chi connectivity index (χ1) is 12.4. The lowest BCUT2D eigenvalue weighted by Crippen LogP contribution is -2.43. The lowest BCUT2D eigenvalue weighted by Gasteiger charge is -2.31. The van der Waals surface area contributed by atoms with Crippen LogP contribution in [0.4, 0.5) is 10.5 Å². The van der Waals surface area contributed by atoms with E-state index in [9.17, 15) is 14.4 Å². The molecule has 2 fully saturated rings. The third kappa shape index (κ3) is 3.71. The molecule has 26 heavy (non-hydrogen) atoms. The number of anilines is 1. The minimum Gasteiger partial charge on any atom is -0.447 e. The van der Waals surface area contributed by atoms with Crippen LogP contribution in [0.5, 0.6) is 0 Å². The van der Waals surface area contributed by atoms with E-state index < -0.39 is 11.6 Å². The van der Waals surface area contributed by atoms with Gasteiger partial charge in [-0.25, -0.2) is 4.79 Å². The molecule has 2 unspecified atom stereocenters. The number of piperidine rings is 1. The van der Waals surface area contributed by atoms with E-state index in [-0.39, 0.29) is 24.3 Å². The predicted octanol–water partition coefficient (Wildman–Crippen LogP) is 2.00. The standard InChI is InChI=1S/C19H23N3O4/c1-3-16(23)22-9-5-6-13(11-22)17(24)20-15-8-4-7-14(10-15)19(2)12-26-18(25)21-19/h3-4,7-8,10,13H,1,5-6,9,11-12H2,2H3,(H,20,24)(H,21,25). The molecule has 0 bridgehead atoms. The Morgan fingerprint density at radius 3 is 2.96 bits per heavy atom. The molecule has 7 nitrogen and oxygen atoms in total. The third-order valence-corrected chi connectivity index (χ3v) is 4.92. The van der Waals surface area contributed by atoms with Gasteiger partial charge in [0.1, 0.15) is 6.61 Å². The van der Waals surface area contributed by atoms with Gasteiger partial charge in [-0.3, -0.25) is 9.59 Å². The molecular formula is C19H23N3O4. The Balaban J connectivity index is 1.68. The van der Waals surface area contributed by atoms with Crippen LogP contribution < -0.4 is 10.6 Å². The van der Waals surface area contributed by atoms with Crippen LogP contribution >= 0.6 is 0 Å². The van der Waals surface area contributed by atoms with Gasteiger partial charge in [0.15, 0.2) is 0 Å². The summed E-state index contributed by atoms with van der Waals surface area (Å²) in [5.74, 6) is -0.503. The summed E-state index contributed by atoms with van der Waals surface area (Å²) in [6.45, 7) is 6.67. The molecule has 1 aromatic carbocycles. The van der Waals surface area contributed by atoms with Gasteiger partial charge in [-0.1, -0.05) is 18.7 Å². The van der Waals surface area contributed by atoms with Gasteiger partial charge in [-0.05, 0) is 43.5 Å². The summed E-state index contributed by atoms with van der Waals surface area (Å²) in [5, 5.41) is 5.71. The highest BCUT2D eigenvalue weighted by atomic mass is 16.6. The van der Waals surface area contributed by atoms with Crippen molar-refractivity contribution in [2.75, 3.05) is 25.0 Å². The summed E-state index contributed by atoms with van der Waals surface area (Å²) in [6, 6.07) is 7.35. The van der Waals surface area contributed by atoms with Crippen molar-refractivity contribution in [3.8, 4) is 0 Å². The third-order valence-electron chi connectivity index (χ3n) is 4.92. The van der Waals surface area contributed by atoms with Crippen molar-refractivity contribution in [2.24, 2.45) is 5.92 Å². The number of nitrogens with zero attached hydrogens (tertiary/aromatic N) is 1. The first kappa shape index (κ1) is 18.0. The van der Waals surface area contributed by atoms with Crippen LogP contribution in [0, 0.1) is 5.92 Å². The minimum atomic E-state index is -0.615. The molecule has 2 aliphatic heterocycles. The Labute approximate surface area is 152 Å². The predicted molar refractivity (Wildman–Crippen MR) is 96.4 cm³/mol. The maximum absolute atomic E-state index is 12.6. The number of carbonyl (C=O) groups is 3.